The fourth-order valence-electron chi connectivity index (χ4n) is 2.81. The van der Waals surface area contributed by atoms with Crippen LogP contribution in [0.2, 0.25) is 0 Å². The molecule has 0 aliphatic rings. The molecule has 7 nitrogen and oxygen atoms in total. The summed E-state index contributed by atoms with van der Waals surface area (Å²) >= 11 is 0. The summed E-state index contributed by atoms with van der Waals surface area (Å²) in [7, 11) is 3.31. The Balaban J connectivity index is 2.30. The maximum atomic E-state index is 12.7. The van der Waals surface area contributed by atoms with E-state index in [2.05, 4.69) is 10.6 Å². The number of methoxy groups -OCH3 is 1. The predicted molar refractivity (Wildman–Crippen MR) is 112 cm³/mol. The summed E-state index contributed by atoms with van der Waals surface area (Å²) in [5.41, 5.74) is 14.2. The van der Waals surface area contributed by atoms with Gasteiger partial charge in [0.2, 0.25) is 0 Å². The summed E-state index contributed by atoms with van der Waals surface area (Å²) in [5, 5.41) is 6.01. The van der Waals surface area contributed by atoms with Gasteiger partial charge < -0.3 is 31.6 Å². The molecule has 28 heavy (non-hydrogen) atoms. The molecule has 7 heteroatoms. The number of amides is 1. The first kappa shape index (κ1) is 21.4. The van der Waals surface area contributed by atoms with E-state index < -0.39 is 6.10 Å². The first-order chi connectivity index (χ1) is 13.6. The van der Waals surface area contributed by atoms with E-state index in [4.69, 9.17) is 20.9 Å². The van der Waals surface area contributed by atoms with Gasteiger partial charge in [0.1, 0.15) is 12.4 Å². The van der Waals surface area contributed by atoms with Crippen LogP contribution < -0.4 is 26.8 Å². The largest absolute Gasteiger partial charge is 0.492 e. The summed E-state index contributed by atoms with van der Waals surface area (Å²) in [6.07, 6.45) is 1.14. The SMILES string of the molecule is CN/C(=C\CN)c1cc(NC(=O)[C@@H](OC)c2ccccc2)ccc1OCCN. The second kappa shape index (κ2) is 11.1. The van der Waals surface area contributed by atoms with Crippen LogP contribution in [0.5, 0.6) is 5.75 Å². The molecule has 0 aromatic heterocycles. The smallest absolute Gasteiger partial charge is 0.258 e. The van der Waals surface area contributed by atoms with Gasteiger partial charge in [0.15, 0.2) is 6.10 Å². The number of ether oxygens (including phenoxy) is 2. The minimum atomic E-state index is -0.707. The third-order valence-corrected chi connectivity index (χ3v) is 4.08. The molecule has 0 radical (unpaired) electrons. The van der Waals surface area contributed by atoms with E-state index in [1.165, 1.54) is 7.11 Å². The number of rotatable bonds is 10. The van der Waals surface area contributed by atoms with Crippen LogP contribution in [0, 0.1) is 0 Å². The normalized spacial score (nSPS) is 12.4. The first-order valence-electron chi connectivity index (χ1n) is 9.08. The van der Waals surface area contributed by atoms with Crippen LogP contribution in [0.25, 0.3) is 5.70 Å². The molecular formula is C21H28N4O3. The van der Waals surface area contributed by atoms with E-state index >= 15 is 0 Å². The van der Waals surface area contributed by atoms with Crippen molar-refractivity contribution in [3.63, 3.8) is 0 Å². The van der Waals surface area contributed by atoms with Crippen LogP contribution >= 0.6 is 0 Å². The molecule has 6 N–H and O–H groups in total. The van der Waals surface area contributed by atoms with Gasteiger partial charge in [0.25, 0.3) is 5.91 Å². The zero-order chi connectivity index (χ0) is 20.4. The van der Waals surface area contributed by atoms with Crippen molar-refractivity contribution < 1.29 is 14.3 Å². The first-order valence-corrected chi connectivity index (χ1v) is 9.08. The highest BCUT2D eigenvalue weighted by Crippen LogP contribution is 2.29. The molecule has 1 atom stereocenters. The summed E-state index contributed by atoms with van der Waals surface area (Å²) in [5.74, 6) is 0.396. The van der Waals surface area contributed by atoms with E-state index in [0.29, 0.717) is 31.1 Å². The second-order valence-corrected chi connectivity index (χ2v) is 5.97. The van der Waals surface area contributed by atoms with Gasteiger partial charge in [-0.3, -0.25) is 4.79 Å². The highest BCUT2D eigenvalue weighted by molar-refractivity contribution is 5.95. The molecule has 0 spiro atoms. The number of hydrogen-bond acceptors (Lipinski definition) is 6. The lowest BCUT2D eigenvalue weighted by Crippen LogP contribution is -2.22. The minimum absolute atomic E-state index is 0.260. The zero-order valence-electron chi connectivity index (χ0n) is 16.3. The molecule has 0 bridgehead atoms. The fourth-order valence-corrected chi connectivity index (χ4v) is 2.81. The molecule has 2 rings (SSSR count). The van der Waals surface area contributed by atoms with Crippen molar-refractivity contribution in [3.8, 4) is 5.75 Å². The second-order valence-electron chi connectivity index (χ2n) is 5.97. The molecule has 0 aliphatic heterocycles. The molecule has 0 fully saturated rings. The maximum absolute atomic E-state index is 12.7. The van der Waals surface area contributed by atoms with Crippen LogP contribution in [-0.4, -0.2) is 39.8 Å². The standard InChI is InChI=1S/C21H28N4O3/c1-24-18(10-11-22)17-14-16(8-9-19(17)28-13-12-23)25-21(26)20(27-2)15-6-4-3-5-7-15/h3-10,14,20,24H,11-13,22-23H2,1-2H3,(H,25,26)/b18-10-/t20-/m0/s1. The van der Waals surface area contributed by atoms with E-state index in [-0.39, 0.29) is 5.91 Å². The van der Waals surface area contributed by atoms with Gasteiger partial charge in [0.05, 0.1) is 0 Å². The lowest BCUT2D eigenvalue weighted by Gasteiger charge is -2.18. The van der Waals surface area contributed by atoms with Crippen LogP contribution in [-0.2, 0) is 9.53 Å². The Morgan fingerprint density at radius 2 is 1.93 bits per heavy atom. The van der Waals surface area contributed by atoms with E-state index in [1.54, 1.807) is 19.2 Å². The van der Waals surface area contributed by atoms with Crippen molar-refractivity contribution in [2.24, 2.45) is 11.5 Å². The van der Waals surface area contributed by atoms with Crippen molar-refractivity contribution in [2.75, 3.05) is 39.2 Å². The summed E-state index contributed by atoms with van der Waals surface area (Å²) < 4.78 is 11.1. The average molecular weight is 384 g/mol. The van der Waals surface area contributed by atoms with Gasteiger partial charge in [-0.2, -0.15) is 0 Å². The molecule has 2 aromatic rings. The van der Waals surface area contributed by atoms with Gasteiger partial charge in [0, 0.05) is 44.2 Å². The molecule has 0 unspecified atom stereocenters. The Morgan fingerprint density at radius 3 is 2.54 bits per heavy atom. The average Bonchev–Trinajstić information content (AvgIpc) is 2.72. The van der Waals surface area contributed by atoms with Crippen molar-refractivity contribution in [1.82, 2.24) is 5.32 Å². The quantitative estimate of drug-likeness (QED) is 0.498. The summed E-state index contributed by atoms with van der Waals surface area (Å²) in [6, 6.07) is 14.7. The minimum Gasteiger partial charge on any atom is -0.492 e. The monoisotopic (exact) mass is 384 g/mol. The molecule has 0 heterocycles. The van der Waals surface area contributed by atoms with Crippen molar-refractivity contribution in [3.05, 3.63) is 65.7 Å². The van der Waals surface area contributed by atoms with Gasteiger partial charge >= 0.3 is 0 Å². The number of nitrogens with one attached hydrogen (secondary N) is 2. The number of anilines is 1. The van der Waals surface area contributed by atoms with Crippen LogP contribution in [0.1, 0.15) is 17.2 Å². The Bertz CT molecular complexity index is 793. The Morgan fingerprint density at radius 1 is 1.18 bits per heavy atom. The molecular weight excluding hydrogens is 356 g/mol. The van der Waals surface area contributed by atoms with Gasteiger partial charge in [-0.15, -0.1) is 0 Å². The Hall–Kier alpha value is -2.87. The number of hydrogen-bond donors (Lipinski definition) is 4. The number of nitrogens with two attached hydrogens (primary N) is 2. The number of benzene rings is 2. The number of carbonyl (C=O) groups excluding carboxylic acids is 1. The highest BCUT2D eigenvalue weighted by atomic mass is 16.5. The Labute approximate surface area is 165 Å². The summed E-state index contributed by atoms with van der Waals surface area (Å²) in [6.45, 7) is 1.15. The molecule has 0 saturated heterocycles. The molecule has 1 amide bonds. The zero-order valence-corrected chi connectivity index (χ0v) is 16.3. The maximum Gasteiger partial charge on any atom is 0.258 e. The fraction of sp³-hybridized carbons (Fsp3) is 0.286. The predicted octanol–water partition coefficient (Wildman–Crippen LogP) is 1.87. The van der Waals surface area contributed by atoms with Crippen LogP contribution in [0.4, 0.5) is 5.69 Å². The van der Waals surface area contributed by atoms with E-state index in [0.717, 1.165) is 16.8 Å². The lowest BCUT2D eigenvalue weighted by atomic mass is 10.1. The van der Waals surface area contributed by atoms with Gasteiger partial charge in [-0.25, -0.2) is 0 Å². The van der Waals surface area contributed by atoms with Crippen LogP contribution in [0.15, 0.2) is 54.6 Å². The van der Waals surface area contributed by atoms with Gasteiger partial charge in [-0.05, 0) is 29.8 Å². The van der Waals surface area contributed by atoms with Crippen molar-refractivity contribution in [1.29, 1.82) is 0 Å². The van der Waals surface area contributed by atoms with Gasteiger partial charge in [-0.1, -0.05) is 30.3 Å². The highest BCUT2D eigenvalue weighted by Gasteiger charge is 2.20. The van der Waals surface area contributed by atoms with E-state index in [1.807, 2.05) is 42.5 Å². The van der Waals surface area contributed by atoms with Crippen LogP contribution in [0.3, 0.4) is 0 Å². The molecule has 0 saturated carbocycles. The third kappa shape index (κ3) is 5.56. The summed E-state index contributed by atoms with van der Waals surface area (Å²) in [4.78, 5) is 12.7. The molecule has 0 aliphatic carbocycles. The topological polar surface area (TPSA) is 112 Å². The lowest BCUT2D eigenvalue weighted by molar-refractivity contribution is -0.126. The molecule has 2 aromatic carbocycles. The van der Waals surface area contributed by atoms with Crippen molar-refractivity contribution in [2.45, 2.75) is 6.10 Å². The van der Waals surface area contributed by atoms with Crippen molar-refractivity contribution >= 4 is 17.3 Å². The third-order valence-electron chi connectivity index (χ3n) is 4.08. The van der Waals surface area contributed by atoms with E-state index in [9.17, 15) is 4.79 Å². The Kier molecular flexibility index (Phi) is 8.48. The number of carbonyl (C=O) groups is 1. The molecule has 150 valence electrons.